The first kappa shape index (κ1) is 21.5. The first-order chi connectivity index (χ1) is 15.5. The van der Waals surface area contributed by atoms with Gasteiger partial charge in [0.2, 0.25) is 0 Å². The molecule has 3 heteroatoms. The van der Waals surface area contributed by atoms with E-state index in [-0.39, 0.29) is 0 Å². The van der Waals surface area contributed by atoms with Gasteiger partial charge in [-0.15, -0.1) is 0 Å². The molecule has 1 saturated heterocycles. The van der Waals surface area contributed by atoms with Gasteiger partial charge >= 0.3 is 0 Å². The Kier molecular flexibility index (Phi) is 5.76. The average Bonchev–Trinajstić information content (AvgIpc) is 3.48. The van der Waals surface area contributed by atoms with Crippen molar-refractivity contribution < 1.29 is 4.74 Å². The van der Waals surface area contributed by atoms with Crippen LogP contribution in [0.4, 0.5) is 0 Å². The molecule has 2 aromatic rings. The molecule has 1 heterocycles. The largest absolute Gasteiger partial charge is 0.496 e. The molecule has 3 nitrogen and oxygen atoms in total. The lowest BCUT2D eigenvalue weighted by atomic mass is 9.84. The van der Waals surface area contributed by atoms with Gasteiger partial charge in [-0.3, -0.25) is 0 Å². The third-order valence-corrected chi connectivity index (χ3v) is 8.59. The monoisotopic (exact) mass is 428 g/mol. The second kappa shape index (κ2) is 8.56. The van der Waals surface area contributed by atoms with Gasteiger partial charge in [-0.25, -0.2) is 0 Å². The molecule has 32 heavy (non-hydrogen) atoms. The van der Waals surface area contributed by atoms with Crippen LogP contribution in [0.1, 0.15) is 69.4 Å². The highest BCUT2D eigenvalue weighted by Crippen LogP contribution is 2.48. The SMILES string of the molecule is COc1ccc(-c2ccc(C(C)(C)C#N)cc2)cc1C1CCN(C2C[C@H]3CC[C@H]2C3)CC1. The number of piperidine rings is 1. The van der Waals surface area contributed by atoms with Crippen molar-refractivity contribution in [3.8, 4) is 22.9 Å². The molecular weight excluding hydrogens is 392 g/mol. The van der Waals surface area contributed by atoms with Crippen LogP contribution in [0.5, 0.6) is 5.75 Å². The molecule has 0 N–H and O–H groups in total. The number of likely N-dealkylation sites (tertiary alicyclic amines) is 1. The molecule has 0 amide bonds. The lowest BCUT2D eigenvalue weighted by molar-refractivity contribution is 0.110. The highest BCUT2D eigenvalue weighted by Gasteiger charge is 2.43. The van der Waals surface area contributed by atoms with Crippen molar-refractivity contribution in [1.82, 2.24) is 4.90 Å². The van der Waals surface area contributed by atoms with E-state index in [9.17, 15) is 5.26 Å². The zero-order valence-corrected chi connectivity index (χ0v) is 19.8. The maximum Gasteiger partial charge on any atom is 0.122 e. The van der Waals surface area contributed by atoms with Crippen LogP contribution in [0.15, 0.2) is 42.5 Å². The molecule has 3 aliphatic rings. The molecule has 5 rings (SSSR count). The Bertz CT molecular complexity index is 995. The number of rotatable bonds is 5. The molecule has 2 aromatic carbocycles. The van der Waals surface area contributed by atoms with E-state index in [1.807, 2.05) is 13.8 Å². The van der Waals surface area contributed by atoms with Crippen molar-refractivity contribution in [3.63, 3.8) is 0 Å². The lowest BCUT2D eigenvalue weighted by Gasteiger charge is -2.40. The van der Waals surface area contributed by atoms with E-state index in [1.165, 1.54) is 68.3 Å². The van der Waals surface area contributed by atoms with E-state index in [4.69, 9.17) is 4.74 Å². The molecule has 1 unspecified atom stereocenters. The normalized spacial score (nSPS) is 26.2. The summed E-state index contributed by atoms with van der Waals surface area (Å²) in [5.41, 5.74) is 4.39. The molecule has 3 atom stereocenters. The van der Waals surface area contributed by atoms with Crippen LogP contribution >= 0.6 is 0 Å². The number of nitrogens with zero attached hydrogens (tertiary/aromatic N) is 2. The van der Waals surface area contributed by atoms with Crippen LogP contribution in [0.2, 0.25) is 0 Å². The van der Waals surface area contributed by atoms with Crippen molar-refractivity contribution in [2.75, 3.05) is 20.2 Å². The zero-order chi connectivity index (χ0) is 22.3. The number of benzene rings is 2. The molecule has 2 bridgehead atoms. The van der Waals surface area contributed by atoms with Crippen molar-refractivity contribution in [2.24, 2.45) is 11.8 Å². The summed E-state index contributed by atoms with van der Waals surface area (Å²) in [7, 11) is 1.79. The number of hydrogen-bond acceptors (Lipinski definition) is 3. The van der Waals surface area contributed by atoms with Gasteiger partial charge in [-0.1, -0.05) is 36.8 Å². The van der Waals surface area contributed by atoms with E-state index in [1.54, 1.807) is 7.11 Å². The number of hydrogen-bond donors (Lipinski definition) is 0. The van der Waals surface area contributed by atoms with Gasteiger partial charge in [0.15, 0.2) is 0 Å². The minimum Gasteiger partial charge on any atom is -0.496 e. The smallest absolute Gasteiger partial charge is 0.122 e. The maximum atomic E-state index is 9.42. The molecule has 1 aliphatic heterocycles. The summed E-state index contributed by atoms with van der Waals surface area (Å²) in [5, 5.41) is 9.42. The number of nitriles is 1. The topological polar surface area (TPSA) is 36.3 Å². The van der Waals surface area contributed by atoms with Crippen LogP contribution < -0.4 is 4.74 Å². The first-order valence-corrected chi connectivity index (χ1v) is 12.4. The Hall–Kier alpha value is -2.31. The fourth-order valence-corrected chi connectivity index (χ4v) is 6.58. The van der Waals surface area contributed by atoms with Crippen molar-refractivity contribution in [1.29, 1.82) is 5.26 Å². The Morgan fingerprint density at radius 3 is 2.25 bits per heavy atom. The molecule has 0 aromatic heterocycles. The van der Waals surface area contributed by atoms with Crippen LogP contribution in [-0.2, 0) is 5.41 Å². The van der Waals surface area contributed by atoms with E-state index in [0.717, 1.165) is 29.2 Å². The number of fused-ring (bicyclic) bond motifs is 2. The van der Waals surface area contributed by atoms with Gasteiger partial charge in [0, 0.05) is 6.04 Å². The van der Waals surface area contributed by atoms with Gasteiger partial charge in [-0.2, -0.15) is 5.26 Å². The quantitative estimate of drug-likeness (QED) is 0.543. The van der Waals surface area contributed by atoms with Gasteiger partial charge < -0.3 is 9.64 Å². The summed E-state index contributed by atoms with van der Waals surface area (Å²) in [6, 6.07) is 18.4. The Morgan fingerprint density at radius 1 is 0.938 bits per heavy atom. The second-order valence-corrected chi connectivity index (χ2v) is 10.8. The standard InChI is InChI=1S/C29H36N2O/c1-29(2,19-30)25-9-6-21(7-10-25)23-8-11-28(32-3)26(18-23)22-12-14-31(15-13-22)27-17-20-4-5-24(27)16-20/h6-11,18,20,22,24,27H,4-5,12-17H2,1-3H3/t20-,24-,27?/m0/s1. The average molecular weight is 429 g/mol. The highest BCUT2D eigenvalue weighted by molar-refractivity contribution is 5.66. The minimum atomic E-state index is -0.462. The van der Waals surface area contributed by atoms with Crippen LogP contribution in [0.25, 0.3) is 11.1 Å². The van der Waals surface area contributed by atoms with Crippen LogP contribution in [-0.4, -0.2) is 31.1 Å². The summed E-state index contributed by atoms with van der Waals surface area (Å²) in [4.78, 5) is 2.81. The van der Waals surface area contributed by atoms with Crippen molar-refractivity contribution >= 4 is 0 Å². The Labute approximate surface area is 193 Å². The summed E-state index contributed by atoms with van der Waals surface area (Å²) >= 11 is 0. The molecule has 0 spiro atoms. The second-order valence-electron chi connectivity index (χ2n) is 10.8. The predicted octanol–water partition coefficient (Wildman–Crippen LogP) is 6.53. The number of ether oxygens (including phenoxy) is 1. The first-order valence-electron chi connectivity index (χ1n) is 12.4. The zero-order valence-electron chi connectivity index (χ0n) is 19.8. The molecule has 2 aliphatic carbocycles. The van der Waals surface area contributed by atoms with Gasteiger partial charge in [0.05, 0.1) is 18.6 Å². The van der Waals surface area contributed by atoms with E-state index in [2.05, 4.69) is 53.4 Å². The molecule has 0 radical (unpaired) electrons. The van der Waals surface area contributed by atoms with Crippen LogP contribution in [0.3, 0.4) is 0 Å². The number of methoxy groups -OCH3 is 1. The molecular formula is C29H36N2O. The summed E-state index contributed by atoms with van der Waals surface area (Å²) in [5.74, 6) is 3.58. The third-order valence-electron chi connectivity index (χ3n) is 8.59. The molecule has 3 fully saturated rings. The fraction of sp³-hybridized carbons (Fsp3) is 0.552. The maximum absolute atomic E-state index is 9.42. The van der Waals surface area contributed by atoms with Gasteiger partial charge in [0.1, 0.15) is 5.75 Å². The predicted molar refractivity (Wildman–Crippen MR) is 130 cm³/mol. The third kappa shape index (κ3) is 3.95. The lowest BCUT2D eigenvalue weighted by Crippen LogP contribution is -2.43. The summed E-state index contributed by atoms with van der Waals surface area (Å²) < 4.78 is 5.79. The molecule has 168 valence electrons. The van der Waals surface area contributed by atoms with Gasteiger partial charge in [0.25, 0.3) is 0 Å². The highest BCUT2D eigenvalue weighted by atomic mass is 16.5. The minimum absolute atomic E-state index is 0.462. The summed E-state index contributed by atoms with van der Waals surface area (Å²) in [6.45, 7) is 6.39. The fourth-order valence-electron chi connectivity index (χ4n) is 6.58. The molecule has 2 saturated carbocycles. The summed E-state index contributed by atoms with van der Waals surface area (Å²) in [6.07, 6.45) is 8.34. The van der Waals surface area contributed by atoms with Crippen molar-refractivity contribution in [2.45, 2.75) is 69.7 Å². The van der Waals surface area contributed by atoms with E-state index >= 15 is 0 Å². The Morgan fingerprint density at radius 2 is 1.66 bits per heavy atom. The van der Waals surface area contributed by atoms with E-state index in [0.29, 0.717) is 5.92 Å². The van der Waals surface area contributed by atoms with Crippen molar-refractivity contribution in [3.05, 3.63) is 53.6 Å². The van der Waals surface area contributed by atoms with Crippen LogP contribution in [0, 0.1) is 23.2 Å². The van der Waals surface area contributed by atoms with Gasteiger partial charge in [-0.05, 0) is 111 Å². The van der Waals surface area contributed by atoms with E-state index < -0.39 is 5.41 Å². The Balaban J connectivity index is 1.32.